The summed E-state index contributed by atoms with van der Waals surface area (Å²) in [7, 11) is 0. The Kier molecular flexibility index (Phi) is 5.96. The van der Waals surface area contributed by atoms with E-state index >= 15 is 0 Å². The number of amides is 1. The molecule has 2 aromatic rings. The Bertz CT molecular complexity index is 775. The van der Waals surface area contributed by atoms with Crippen molar-refractivity contribution in [3.8, 4) is 5.69 Å². The lowest BCUT2D eigenvalue weighted by atomic mass is 9.86. The zero-order valence-electron chi connectivity index (χ0n) is 15.9. The number of rotatable bonds is 5. The molecule has 0 aliphatic heterocycles. The Morgan fingerprint density at radius 1 is 1.31 bits per heavy atom. The van der Waals surface area contributed by atoms with Crippen molar-refractivity contribution in [2.45, 2.75) is 69.8 Å². The molecule has 26 heavy (non-hydrogen) atoms. The maximum absolute atomic E-state index is 12.6. The summed E-state index contributed by atoms with van der Waals surface area (Å²) >= 11 is 1.40. The summed E-state index contributed by atoms with van der Waals surface area (Å²) < 4.78 is 1.72. The minimum atomic E-state index is -0.251. The van der Waals surface area contributed by atoms with Crippen molar-refractivity contribution in [2.75, 3.05) is 0 Å². The minimum Gasteiger partial charge on any atom is -0.352 e. The van der Waals surface area contributed by atoms with Gasteiger partial charge in [0.2, 0.25) is 11.1 Å². The SMILES string of the molecule is Cc1cccc(-n2nnnc2S[C@@H](C)C(=O)N[C@@H]2CCCC[C@@H]2C)c1C. The fourth-order valence-corrected chi connectivity index (χ4v) is 4.22. The van der Waals surface area contributed by atoms with E-state index in [9.17, 15) is 4.79 Å². The zero-order chi connectivity index (χ0) is 18.7. The third kappa shape index (κ3) is 4.09. The number of nitrogens with one attached hydrogen (secondary N) is 1. The molecule has 1 aliphatic carbocycles. The van der Waals surface area contributed by atoms with E-state index in [2.05, 4.69) is 47.7 Å². The molecule has 3 atom stereocenters. The molecule has 1 heterocycles. The van der Waals surface area contributed by atoms with Gasteiger partial charge in [-0.2, -0.15) is 4.68 Å². The van der Waals surface area contributed by atoms with E-state index in [0.29, 0.717) is 11.1 Å². The minimum absolute atomic E-state index is 0.0595. The van der Waals surface area contributed by atoms with Crippen LogP contribution >= 0.6 is 11.8 Å². The Morgan fingerprint density at radius 2 is 2.08 bits per heavy atom. The highest BCUT2D eigenvalue weighted by atomic mass is 32.2. The van der Waals surface area contributed by atoms with Crippen molar-refractivity contribution in [1.82, 2.24) is 25.5 Å². The normalized spacial score (nSPS) is 21.4. The molecule has 0 unspecified atom stereocenters. The van der Waals surface area contributed by atoms with Gasteiger partial charge in [-0.05, 0) is 67.2 Å². The molecule has 1 saturated carbocycles. The van der Waals surface area contributed by atoms with Crippen LogP contribution in [-0.2, 0) is 4.79 Å². The van der Waals surface area contributed by atoms with Crippen LogP contribution in [0.3, 0.4) is 0 Å². The van der Waals surface area contributed by atoms with Gasteiger partial charge in [0.1, 0.15) is 0 Å². The second-order valence-corrected chi connectivity index (χ2v) is 8.54. The molecule has 140 valence electrons. The summed E-state index contributed by atoms with van der Waals surface area (Å²) in [6.45, 7) is 8.26. The van der Waals surface area contributed by atoms with Gasteiger partial charge in [-0.3, -0.25) is 4.79 Å². The number of benzene rings is 1. The third-order valence-corrected chi connectivity index (χ3v) is 6.37. The van der Waals surface area contributed by atoms with Crippen molar-refractivity contribution in [3.05, 3.63) is 29.3 Å². The van der Waals surface area contributed by atoms with Gasteiger partial charge in [0.25, 0.3) is 0 Å². The van der Waals surface area contributed by atoms with Gasteiger partial charge in [-0.1, -0.05) is 43.7 Å². The van der Waals surface area contributed by atoms with Crippen LogP contribution in [-0.4, -0.2) is 37.4 Å². The molecule has 1 fully saturated rings. The summed E-state index contributed by atoms with van der Waals surface area (Å²) in [5.41, 5.74) is 3.27. The molecule has 0 radical (unpaired) electrons. The number of carbonyl (C=O) groups excluding carboxylic acids is 1. The number of aromatic nitrogens is 4. The van der Waals surface area contributed by atoms with Crippen LogP contribution in [0.25, 0.3) is 5.69 Å². The maximum atomic E-state index is 12.6. The van der Waals surface area contributed by atoms with Gasteiger partial charge < -0.3 is 5.32 Å². The number of thioether (sulfide) groups is 1. The molecular formula is C19H27N5OS. The number of aryl methyl sites for hydroxylation is 1. The largest absolute Gasteiger partial charge is 0.352 e. The van der Waals surface area contributed by atoms with E-state index in [1.54, 1.807) is 4.68 Å². The van der Waals surface area contributed by atoms with Gasteiger partial charge in [-0.15, -0.1) is 5.10 Å². The van der Waals surface area contributed by atoms with E-state index in [0.717, 1.165) is 17.7 Å². The molecule has 6 nitrogen and oxygen atoms in total. The molecule has 3 rings (SSSR count). The second-order valence-electron chi connectivity index (χ2n) is 7.23. The molecule has 1 aliphatic rings. The number of carbonyl (C=O) groups is 1. The molecule has 1 aromatic carbocycles. The summed E-state index contributed by atoms with van der Waals surface area (Å²) in [6.07, 6.45) is 4.73. The van der Waals surface area contributed by atoms with Crippen LogP contribution in [0.15, 0.2) is 23.4 Å². The highest BCUT2D eigenvalue weighted by Gasteiger charge is 2.26. The fraction of sp³-hybridized carbons (Fsp3) is 0.579. The number of hydrogen-bond donors (Lipinski definition) is 1. The molecule has 0 saturated heterocycles. The first-order valence-electron chi connectivity index (χ1n) is 9.29. The van der Waals surface area contributed by atoms with Crippen LogP contribution in [0.2, 0.25) is 0 Å². The van der Waals surface area contributed by atoms with Gasteiger partial charge in [-0.25, -0.2) is 0 Å². The lowest BCUT2D eigenvalue weighted by Gasteiger charge is -2.30. The molecule has 1 amide bonds. The fourth-order valence-electron chi connectivity index (χ4n) is 3.41. The van der Waals surface area contributed by atoms with E-state index < -0.39 is 0 Å². The Morgan fingerprint density at radius 3 is 2.85 bits per heavy atom. The van der Waals surface area contributed by atoms with E-state index in [4.69, 9.17) is 0 Å². The van der Waals surface area contributed by atoms with Crippen molar-refractivity contribution in [1.29, 1.82) is 0 Å². The maximum Gasteiger partial charge on any atom is 0.233 e. The Balaban J connectivity index is 1.70. The van der Waals surface area contributed by atoms with Crippen LogP contribution in [0.4, 0.5) is 0 Å². The highest BCUT2D eigenvalue weighted by Crippen LogP contribution is 2.27. The van der Waals surface area contributed by atoms with E-state index in [1.807, 2.05) is 19.1 Å². The quantitative estimate of drug-likeness (QED) is 0.813. The van der Waals surface area contributed by atoms with Crippen LogP contribution in [0.1, 0.15) is 50.7 Å². The van der Waals surface area contributed by atoms with Crippen LogP contribution < -0.4 is 5.32 Å². The van der Waals surface area contributed by atoms with Crippen LogP contribution in [0.5, 0.6) is 0 Å². The van der Waals surface area contributed by atoms with E-state index in [1.165, 1.54) is 36.6 Å². The van der Waals surface area contributed by atoms with Crippen molar-refractivity contribution >= 4 is 17.7 Å². The first-order valence-corrected chi connectivity index (χ1v) is 10.2. The molecule has 1 aromatic heterocycles. The molecule has 0 bridgehead atoms. The Hall–Kier alpha value is -1.89. The highest BCUT2D eigenvalue weighted by molar-refractivity contribution is 8.00. The van der Waals surface area contributed by atoms with E-state index in [-0.39, 0.29) is 17.2 Å². The van der Waals surface area contributed by atoms with Crippen molar-refractivity contribution < 1.29 is 4.79 Å². The van der Waals surface area contributed by atoms with Crippen molar-refractivity contribution in [3.63, 3.8) is 0 Å². The first kappa shape index (κ1) is 18.9. The number of nitrogens with zero attached hydrogens (tertiary/aromatic N) is 4. The summed E-state index contributed by atoms with van der Waals surface area (Å²) in [5, 5.41) is 15.7. The topological polar surface area (TPSA) is 72.7 Å². The van der Waals surface area contributed by atoms with Gasteiger partial charge in [0.15, 0.2) is 0 Å². The smallest absolute Gasteiger partial charge is 0.233 e. The summed E-state index contributed by atoms with van der Waals surface area (Å²) in [6, 6.07) is 6.34. The molecular weight excluding hydrogens is 346 g/mol. The zero-order valence-corrected chi connectivity index (χ0v) is 16.7. The monoisotopic (exact) mass is 373 g/mol. The van der Waals surface area contributed by atoms with Gasteiger partial charge >= 0.3 is 0 Å². The lowest BCUT2D eigenvalue weighted by molar-refractivity contribution is -0.121. The number of tetrazole rings is 1. The third-order valence-electron chi connectivity index (χ3n) is 5.34. The average molecular weight is 374 g/mol. The van der Waals surface area contributed by atoms with Gasteiger partial charge in [0, 0.05) is 6.04 Å². The molecule has 1 N–H and O–H groups in total. The predicted molar refractivity (Wildman–Crippen MR) is 104 cm³/mol. The number of hydrogen-bond acceptors (Lipinski definition) is 5. The van der Waals surface area contributed by atoms with Gasteiger partial charge in [0.05, 0.1) is 10.9 Å². The first-order chi connectivity index (χ1) is 12.5. The summed E-state index contributed by atoms with van der Waals surface area (Å²) in [4.78, 5) is 12.6. The lowest BCUT2D eigenvalue weighted by Crippen LogP contribution is -2.44. The average Bonchev–Trinajstić information content (AvgIpc) is 3.07. The second kappa shape index (κ2) is 8.20. The van der Waals surface area contributed by atoms with Crippen molar-refractivity contribution in [2.24, 2.45) is 5.92 Å². The van der Waals surface area contributed by atoms with Crippen LogP contribution in [0, 0.1) is 19.8 Å². The standard InChI is InChI=1S/C19H27N5OS/c1-12-9-7-11-17(14(12)3)24-19(21-22-23-24)26-15(4)18(25)20-16-10-6-5-8-13(16)2/h7,9,11,13,15-16H,5-6,8,10H2,1-4H3,(H,20,25)/t13-,15-,16+/m0/s1. The summed E-state index contributed by atoms with van der Waals surface area (Å²) in [5.74, 6) is 0.606. The molecule has 0 spiro atoms. The molecule has 7 heteroatoms. The predicted octanol–water partition coefficient (Wildman–Crippen LogP) is 3.45. The Labute approximate surface area is 159 Å².